The van der Waals surface area contributed by atoms with Gasteiger partial charge in [-0.15, -0.1) is 0 Å². The van der Waals surface area contributed by atoms with Crippen LogP contribution in [0.15, 0.2) is 24.3 Å². The first-order valence-electron chi connectivity index (χ1n) is 4.20. The minimum atomic E-state index is 0. The summed E-state index contributed by atoms with van der Waals surface area (Å²) in [4.78, 5) is 0. The maximum absolute atomic E-state index is 9.50. The first-order valence-corrected chi connectivity index (χ1v) is 4.20. The van der Waals surface area contributed by atoms with Gasteiger partial charge in [-0.1, -0.05) is 49.2 Å². The maximum Gasteiger partial charge on any atom is 0.0785 e. The van der Waals surface area contributed by atoms with Gasteiger partial charge in [0.1, 0.15) is 0 Å². The molecule has 1 aromatic rings. The fraction of sp³-hybridized carbons (Fsp3) is 0.455. The Kier molecular flexibility index (Phi) is 149. The predicted octanol–water partition coefficient (Wildman–Crippen LogP) is 3.92. The number of hydrogen-bond acceptors (Lipinski definition) is 0. The number of hydrogen-bond donors (Lipinski definition) is 0. The van der Waals surface area contributed by atoms with Crippen LogP contribution in [-0.2, 0) is 0 Å². The van der Waals surface area contributed by atoms with Gasteiger partial charge in [0.15, 0.2) is 0 Å². The monoisotopic (exact) mass is 450 g/mol. The summed E-state index contributed by atoms with van der Waals surface area (Å²) in [6.07, 6.45) is 0. The number of aryl methyl sites for hydroxylation is 2. The zero-order chi connectivity index (χ0) is 9.98. The fourth-order valence-electron chi connectivity index (χ4n) is 0.637. The van der Waals surface area contributed by atoms with Crippen molar-refractivity contribution in [1.29, 1.82) is 0 Å². The van der Waals surface area contributed by atoms with Crippen LogP contribution < -0.4 is 0 Å². The summed E-state index contributed by atoms with van der Waals surface area (Å²) in [6.45, 7) is 8.19. The van der Waals surface area contributed by atoms with Gasteiger partial charge >= 0.3 is 0 Å². The molecular formula is C11H19Ar7F. The van der Waals surface area contributed by atoms with E-state index in [1.807, 2.05) is 13.8 Å². The van der Waals surface area contributed by atoms with Gasteiger partial charge in [0, 0.05) is 264 Å². The summed E-state index contributed by atoms with van der Waals surface area (Å²) in [5.41, 5.74) is 2.66. The van der Waals surface area contributed by atoms with Gasteiger partial charge in [-0.25, -0.2) is 0 Å². The molecular weight excluding hydrogens is 431 g/mol. The number of halogens is 1. The van der Waals surface area contributed by atoms with E-state index in [9.17, 15) is 4.39 Å². The number of rotatable bonds is 0. The third-order valence-electron chi connectivity index (χ3n) is 1.22. The van der Waals surface area contributed by atoms with E-state index in [-0.39, 0.29) is 264 Å². The van der Waals surface area contributed by atoms with Crippen molar-refractivity contribution in [3.8, 4) is 0 Å². The zero-order valence-corrected chi connectivity index (χ0v) is 16.1. The van der Waals surface area contributed by atoms with E-state index in [0.29, 0.717) is 7.18 Å². The van der Waals surface area contributed by atoms with Crippen molar-refractivity contribution in [2.75, 3.05) is 7.18 Å². The first-order chi connectivity index (χ1) is 5.79. The number of benzene rings is 1. The van der Waals surface area contributed by atoms with Crippen LogP contribution in [0.4, 0.5) is 4.39 Å². The van der Waals surface area contributed by atoms with Crippen LogP contribution in [-0.4, -0.2) is 7.18 Å². The topological polar surface area (TPSA) is 0 Å². The SMILES string of the molecule is CC.CF.Cc1ccc(C)cc1.[Ar].[Ar].[Ar].[Ar].[Ar].[Ar].[Ar]. The van der Waals surface area contributed by atoms with Crippen molar-refractivity contribution >= 4 is 0 Å². The van der Waals surface area contributed by atoms with Crippen LogP contribution in [0.5, 0.6) is 0 Å². The Bertz CT molecular complexity index is 162. The van der Waals surface area contributed by atoms with Crippen LogP contribution in [0.25, 0.3) is 0 Å². The Morgan fingerprint density at radius 1 is 0.526 bits per heavy atom. The van der Waals surface area contributed by atoms with Crippen molar-refractivity contribution in [1.82, 2.24) is 0 Å². The zero-order valence-electron chi connectivity index (χ0n) is 11.2. The van der Waals surface area contributed by atoms with Crippen LogP contribution in [0.1, 0.15) is 25.0 Å². The molecule has 0 N–H and O–H groups in total. The summed E-state index contributed by atoms with van der Waals surface area (Å²) in [5.74, 6) is 0. The molecule has 19 heavy (non-hydrogen) atoms. The third-order valence-corrected chi connectivity index (χ3v) is 1.22. The van der Waals surface area contributed by atoms with E-state index in [2.05, 4.69) is 38.1 Å². The molecule has 0 aromatic heterocycles. The molecule has 0 bridgehead atoms. The summed E-state index contributed by atoms with van der Waals surface area (Å²) >= 11 is 0. The molecule has 0 saturated heterocycles. The average molecular weight is 450 g/mol. The molecule has 1 aromatic carbocycles. The van der Waals surface area contributed by atoms with Crippen LogP contribution in [0.3, 0.4) is 0 Å². The van der Waals surface area contributed by atoms with E-state index < -0.39 is 0 Å². The van der Waals surface area contributed by atoms with Gasteiger partial charge in [0.2, 0.25) is 0 Å². The molecule has 8 heteroatoms. The van der Waals surface area contributed by atoms with Crippen molar-refractivity contribution in [3.05, 3.63) is 35.4 Å². The van der Waals surface area contributed by atoms with E-state index in [1.54, 1.807) is 0 Å². The molecule has 0 nitrogen and oxygen atoms in total. The Morgan fingerprint density at radius 2 is 0.632 bits per heavy atom. The molecule has 126 valence electrons. The maximum atomic E-state index is 9.50. The Morgan fingerprint density at radius 3 is 0.737 bits per heavy atom. The van der Waals surface area contributed by atoms with Crippen LogP contribution >= 0.6 is 0 Å². The summed E-state index contributed by atoms with van der Waals surface area (Å²) in [6, 6.07) is 8.48. The molecule has 0 unspecified atom stereocenters. The predicted molar refractivity (Wildman–Crippen MR) is 54.3 cm³/mol. The first kappa shape index (κ1) is 56.3. The Hall–Kier alpha value is 7.97. The Labute approximate surface area is 328 Å². The second-order valence-electron chi connectivity index (χ2n) is 2.15. The quantitative estimate of drug-likeness (QED) is 0.563. The molecule has 0 aliphatic carbocycles. The Balaban J connectivity index is -0.0000000121. The molecule has 0 aliphatic rings. The normalized spacial score (nSPS) is 4.53. The molecule has 0 spiro atoms. The smallest absolute Gasteiger partial charge is 0.0785 e. The molecule has 0 fully saturated rings. The summed E-state index contributed by atoms with van der Waals surface area (Å²) in [5, 5.41) is 0. The third kappa shape index (κ3) is 46.2. The van der Waals surface area contributed by atoms with Crippen molar-refractivity contribution in [2.45, 2.75) is 27.7 Å². The van der Waals surface area contributed by atoms with Gasteiger partial charge in [-0.3, -0.25) is 4.39 Å². The molecule has 1 rings (SSSR count). The van der Waals surface area contributed by atoms with Gasteiger partial charge in [-0.2, -0.15) is 0 Å². The summed E-state index contributed by atoms with van der Waals surface area (Å²) < 4.78 is 9.50. The molecule has 0 atom stereocenters. The van der Waals surface area contributed by atoms with Crippen molar-refractivity contribution in [2.24, 2.45) is 0 Å². The second-order valence-corrected chi connectivity index (χ2v) is 2.15. The number of alkyl halides is 1. The summed E-state index contributed by atoms with van der Waals surface area (Å²) in [7, 11) is 0.500. The minimum Gasteiger partial charge on any atom is -0.255 e. The largest absolute Gasteiger partial charge is 0.255 e. The van der Waals surface area contributed by atoms with Gasteiger partial charge in [-0.05, 0) is 13.8 Å². The van der Waals surface area contributed by atoms with Gasteiger partial charge in [0.25, 0.3) is 0 Å². The molecule has 0 saturated carbocycles. The van der Waals surface area contributed by atoms with Crippen LogP contribution in [0, 0.1) is 278 Å². The molecule has 0 heterocycles. The van der Waals surface area contributed by atoms with E-state index in [1.165, 1.54) is 11.1 Å². The molecule has 0 aliphatic heterocycles. The fourth-order valence-corrected chi connectivity index (χ4v) is 0.637. The molecule has 0 radical (unpaired) electrons. The van der Waals surface area contributed by atoms with E-state index in [4.69, 9.17) is 0 Å². The molecule has 0 amide bonds. The second kappa shape index (κ2) is 50.1. The standard InChI is InChI=1S/C8H10.C2H6.CH3F.7Ar/c1-7-3-5-8(2)6-4-7;2*1-2;;;;;;;/h3-6H,1-2H3;1-2H3;1H3;;;;;;;. The van der Waals surface area contributed by atoms with Crippen molar-refractivity contribution < 1.29 is 269 Å². The van der Waals surface area contributed by atoms with E-state index >= 15 is 0 Å². The van der Waals surface area contributed by atoms with Gasteiger partial charge < -0.3 is 0 Å². The van der Waals surface area contributed by atoms with Gasteiger partial charge in [0.05, 0.1) is 7.18 Å². The van der Waals surface area contributed by atoms with Crippen molar-refractivity contribution in [3.63, 3.8) is 0 Å². The van der Waals surface area contributed by atoms with Crippen LogP contribution in [0.2, 0.25) is 0 Å². The average Bonchev–Trinajstić information content (AvgIpc) is 2.17. The minimum absolute atomic E-state index is 0. The van der Waals surface area contributed by atoms with E-state index in [0.717, 1.165) is 0 Å².